The van der Waals surface area contributed by atoms with Crippen LogP contribution >= 0.6 is 11.3 Å². The lowest BCUT2D eigenvalue weighted by Gasteiger charge is -2.49. The minimum absolute atomic E-state index is 0.0782. The molecule has 0 aliphatic carbocycles. The van der Waals surface area contributed by atoms with E-state index in [9.17, 15) is 4.79 Å². The predicted octanol–water partition coefficient (Wildman–Crippen LogP) is 0.845. The van der Waals surface area contributed by atoms with Crippen molar-refractivity contribution in [2.45, 2.75) is 24.9 Å². The van der Waals surface area contributed by atoms with Crippen LogP contribution in [0.25, 0.3) is 0 Å². The molecule has 0 bridgehead atoms. The Kier molecular flexibility index (Phi) is 6.00. The minimum Gasteiger partial charge on any atom is -0.383 e. The lowest BCUT2D eigenvalue weighted by atomic mass is 9.85. The largest absolute Gasteiger partial charge is 0.383 e. The number of rotatable bonds is 6. The van der Waals surface area contributed by atoms with Crippen LogP contribution in [-0.4, -0.2) is 89.0 Å². The number of methoxy groups -OCH3 is 1. The number of nitrogens with zero attached hydrogens (tertiary/aromatic N) is 6. The van der Waals surface area contributed by atoms with Crippen molar-refractivity contribution in [3.8, 4) is 0 Å². The van der Waals surface area contributed by atoms with Crippen molar-refractivity contribution in [3.63, 3.8) is 0 Å². The first-order valence-electron chi connectivity index (χ1n) is 9.64. The number of hydrogen-bond acceptors (Lipinski definition) is 8. The molecular weight excluding hydrogens is 380 g/mol. The van der Waals surface area contributed by atoms with E-state index in [-0.39, 0.29) is 5.91 Å². The average molecular weight is 407 g/mol. The number of aromatic nitrogens is 4. The second kappa shape index (κ2) is 8.64. The van der Waals surface area contributed by atoms with E-state index in [0.717, 1.165) is 43.9 Å². The Morgan fingerprint density at radius 1 is 1.36 bits per heavy atom. The summed E-state index contributed by atoms with van der Waals surface area (Å²) in [6.07, 6.45) is 1.82. The smallest absolute Gasteiger partial charge is 0.254 e. The highest BCUT2D eigenvalue weighted by molar-refractivity contribution is 7.08. The standard InChI is InChI=1S/C18H26N6O3S/c1-26-9-8-24-17(19-20-21-24)18(23-6-10-27-11-7-23)4-2-5-22(14-18)16(25)15-3-12-28-13-15/h3,12-13H,2,4-11,14H2,1H3. The summed E-state index contributed by atoms with van der Waals surface area (Å²) in [4.78, 5) is 17.4. The number of ether oxygens (including phenoxy) is 2. The van der Waals surface area contributed by atoms with Gasteiger partial charge < -0.3 is 14.4 Å². The zero-order chi connectivity index (χ0) is 19.4. The molecule has 4 rings (SSSR count). The van der Waals surface area contributed by atoms with Gasteiger partial charge in [-0.15, -0.1) is 5.10 Å². The van der Waals surface area contributed by atoms with Crippen LogP contribution in [0.1, 0.15) is 29.0 Å². The Bertz CT molecular complexity index is 776. The summed E-state index contributed by atoms with van der Waals surface area (Å²) in [5, 5.41) is 16.4. The number of carbonyl (C=O) groups excluding carboxylic acids is 1. The summed E-state index contributed by atoms with van der Waals surface area (Å²) >= 11 is 1.54. The van der Waals surface area contributed by atoms with Crippen molar-refractivity contribution in [2.24, 2.45) is 0 Å². The van der Waals surface area contributed by atoms with Gasteiger partial charge in [-0.05, 0) is 34.7 Å². The van der Waals surface area contributed by atoms with Crippen molar-refractivity contribution in [1.29, 1.82) is 0 Å². The van der Waals surface area contributed by atoms with Gasteiger partial charge in [0.2, 0.25) is 0 Å². The van der Waals surface area contributed by atoms with Crippen LogP contribution in [0.2, 0.25) is 0 Å². The van der Waals surface area contributed by atoms with Crippen molar-refractivity contribution >= 4 is 17.2 Å². The Morgan fingerprint density at radius 3 is 2.96 bits per heavy atom. The average Bonchev–Trinajstić information content (AvgIpc) is 3.44. The number of tetrazole rings is 1. The first-order valence-corrected chi connectivity index (χ1v) is 10.6. The van der Waals surface area contributed by atoms with Gasteiger partial charge >= 0.3 is 0 Å². The van der Waals surface area contributed by atoms with Crippen LogP contribution in [0.5, 0.6) is 0 Å². The molecule has 2 aliphatic heterocycles. The van der Waals surface area contributed by atoms with Gasteiger partial charge in [0.05, 0.1) is 31.9 Å². The molecule has 2 fully saturated rings. The number of morpholine rings is 1. The number of amides is 1. The second-order valence-corrected chi connectivity index (χ2v) is 7.97. The lowest BCUT2D eigenvalue weighted by molar-refractivity contribution is -0.0573. The fourth-order valence-corrected chi connectivity index (χ4v) is 4.85. The lowest BCUT2D eigenvalue weighted by Crippen LogP contribution is -2.61. The number of piperidine rings is 1. The van der Waals surface area contributed by atoms with Gasteiger partial charge in [-0.2, -0.15) is 11.3 Å². The highest BCUT2D eigenvalue weighted by atomic mass is 32.1. The zero-order valence-corrected chi connectivity index (χ0v) is 16.9. The van der Waals surface area contributed by atoms with Crippen molar-refractivity contribution in [3.05, 3.63) is 28.2 Å². The number of likely N-dealkylation sites (tertiary alicyclic amines) is 1. The fourth-order valence-electron chi connectivity index (χ4n) is 4.22. The van der Waals surface area contributed by atoms with E-state index < -0.39 is 5.54 Å². The maximum Gasteiger partial charge on any atom is 0.254 e. The van der Waals surface area contributed by atoms with E-state index in [1.807, 2.05) is 26.4 Å². The van der Waals surface area contributed by atoms with E-state index in [2.05, 4.69) is 20.4 Å². The minimum atomic E-state index is -0.412. The molecule has 1 unspecified atom stereocenters. The summed E-state index contributed by atoms with van der Waals surface area (Å²) in [7, 11) is 1.67. The molecule has 0 N–H and O–H groups in total. The number of carbonyl (C=O) groups is 1. The van der Waals surface area contributed by atoms with E-state index in [4.69, 9.17) is 9.47 Å². The highest BCUT2D eigenvalue weighted by Crippen LogP contribution is 2.37. The Hall–Kier alpha value is -1.88. The molecule has 0 radical (unpaired) electrons. The molecular formula is C18H26N6O3S. The molecule has 1 amide bonds. The second-order valence-electron chi connectivity index (χ2n) is 7.19. The molecule has 2 saturated heterocycles. The molecule has 0 saturated carbocycles. The summed E-state index contributed by atoms with van der Waals surface area (Å²) in [5.74, 6) is 0.892. The molecule has 2 aromatic rings. The zero-order valence-electron chi connectivity index (χ0n) is 16.1. The van der Waals surface area contributed by atoms with Crippen LogP contribution in [-0.2, 0) is 21.6 Å². The maximum atomic E-state index is 13.1. The number of hydrogen-bond donors (Lipinski definition) is 0. The molecule has 9 nitrogen and oxygen atoms in total. The Labute approximate surface area is 168 Å². The molecule has 10 heteroatoms. The summed E-state index contributed by atoms with van der Waals surface area (Å²) in [6.45, 7) is 5.42. The van der Waals surface area contributed by atoms with E-state index in [1.165, 1.54) is 0 Å². The Morgan fingerprint density at radius 2 is 2.21 bits per heavy atom. The SMILES string of the molecule is COCCn1nnnc1C1(N2CCOCC2)CCCN(C(=O)c2ccsc2)C1. The highest BCUT2D eigenvalue weighted by Gasteiger charge is 2.47. The molecule has 0 aromatic carbocycles. The third kappa shape index (κ3) is 3.69. The quantitative estimate of drug-likeness (QED) is 0.703. The number of thiophene rings is 1. The molecule has 2 aromatic heterocycles. The first-order chi connectivity index (χ1) is 13.7. The molecule has 1 atom stereocenters. The van der Waals surface area contributed by atoms with Gasteiger partial charge in [-0.25, -0.2) is 4.68 Å². The maximum absolute atomic E-state index is 13.1. The molecule has 0 spiro atoms. The van der Waals surface area contributed by atoms with Crippen LogP contribution in [0.15, 0.2) is 16.8 Å². The molecule has 152 valence electrons. The van der Waals surface area contributed by atoms with Crippen LogP contribution in [0, 0.1) is 0 Å². The molecule has 4 heterocycles. The van der Waals surface area contributed by atoms with E-state index in [0.29, 0.717) is 32.9 Å². The Balaban J connectivity index is 1.67. The van der Waals surface area contributed by atoms with Crippen LogP contribution < -0.4 is 0 Å². The van der Waals surface area contributed by atoms with Gasteiger partial charge in [0.25, 0.3) is 5.91 Å². The van der Waals surface area contributed by atoms with Gasteiger partial charge in [0.15, 0.2) is 5.82 Å². The third-order valence-electron chi connectivity index (χ3n) is 5.60. The van der Waals surface area contributed by atoms with Crippen molar-refractivity contribution in [1.82, 2.24) is 30.0 Å². The summed E-state index contributed by atoms with van der Waals surface area (Å²) in [6, 6.07) is 1.89. The van der Waals surface area contributed by atoms with E-state index in [1.54, 1.807) is 18.4 Å². The topological polar surface area (TPSA) is 85.6 Å². The molecule has 2 aliphatic rings. The van der Waals surface area contributed by atoms with Gasteiger partial charge in [0.1, 0.15) is 5.54 Å². The van der Waals surface area contributed by atoms with Crippen molar-refractivity contribution in [2.75, 3.05) is 53.1 Å². The molecule has 28 heavy (non-hydrogen) atoms. The van der Waals surface area contributed by atoms with Gasteiger partial charge in [-0.3, -0.25) is 9.69 Å². The van der Waals surface area contributed by atoms with Crippen LogP contribution in [0.3, 0.4) is 0 Å². The summed E-state index contributed by atoms with van der Waals surface area (Å²) in [5.41, 5.74) is 0.340. The normalized spacial score (nSPS) is 23.8. The third-order valence-corrected chi connectivity index (χ3v) is 6.28. The van der Waals surface area contributed by atoms with Gasteiger partial charge in [-0.1, -0.05) is 0 Å². The van der Waals surface area contributed by atoms with Gasteiger partial charge in [0, 0.05) is 38.7 Å². The monoisotopic (exact) mass is 406 g/mol. The van der Waals surface area contributed by atoms with E-state index >= 15 is 0 Å². The predicted molar refractivity (Wildman–Crippen MR) is 103 cm³/mol. The fraction of sp³-hybridized carbons (Fsp3) is 0.667. The first kappa shape index (κ1) is 19.4. The summed E-state index contributed by atoms with van der Waals surface area (Å²) < 4.78 is 12.6. The van der Waals surface area contributed by atoms with Crippen molar-refractivity contribution < 1.29 is 14.3 Å². The van der Waals surface area contributed by atoms with Crippen LogP contribution in [0.4, 0.5) is 0 Å².